The van der Waals surface area contributed by atoms with E-state index in [1.54, 1.807) is 24.3 Å². The van der Waals surface area contributed by atoms with Crippen molar-refractivity contribution in [1.82, 2.24) is 5.43 Å². The minimum Gasteiger partial charge on any atom is -0.507 e. The SMILES string of the molecule is O=C(N/N=C/c1cc(-c2ccccc2)ccc1O)c1ccc(Br)cc1Br. The predicted octanol–water partition coefficient (Wildman–Crippen LogP) is 5.35. The standard InChI is InChI=1S/C20H14Br2N2O2/c21-16-7-8-17(18(22)11-16)20(26)24-23-12-15-10-14(6-9-19(15)25)13-4-2-1-3-5-13/h1-12,25H,(H,24,26)/b23-12+. The maximum atomic E-state index is 12.2. The lowest BCUT2D eigenvalue weighted by molar-refractivity contribution is 0.0954. The maximum Gasteiger partial charge on any atom is 0.272 e. The molecule has 0 radical (unpaired) electrons. The van der Waals surface area contributed by atoms with Crippen LogP contribution in [-0.4, -0.2) is 17.2 Å². The van der Waals surface area contributed by atoms with Gasteiger partial charge in [-0.25, -0.2) is 5.43 Å². The van der Waals surface area contributed by atoms with E-state index in [0.29, 0.717) is 15.6 Å². The number of benzene rings is 3. The maximum absolute atomic E-state index is 12.2. The van der Waals surface area contributed by atoms with E-state index in [1.807, 2.05) is 42.5 Å². The molecule has 0 aliphatic rings. The van der Waals surface area contributed by atoms with Gasteiger partial charge in [0.25, 0.3) is 5.91 Å². The number of rotatable bonds is 4. The topological polar surface area (TPSA) is 61.7 Å². The molecule has 3 aromatic carbocycles. The number of phenolic OH excluding ortho intramolecular Hbond substituents is 1. The zero-order valence-electron chi connectivity index (χ0n) is 13.5. The van der Waals surface area contributed by atoms with Crippen LogP contribution in [0.3, 0.4) is 0 Å². The second kappa shape index (κ2) is 8.29. The lowest BCUT2D eigenvalue weighted by Crippen LogP contribution is -2.18. The molecule has 26 heavy (non-hydrogen) atoms. The van der Waals surface area contributed by atoms with Crippen LogP contribution in [0.4, 0.5) is 0 Å². The zero-order valence-corrected chi connectivity index (χ0v) is 16.7. The van der Waals surface area contributed by atoms with E-state index in [1.165, 1.54) is 6.21 Å². The van der Waals surface area contributed by atoms with E-state index in [2.05, 4.69) is 42.4 Å². The fraction of sp³-hybridized carbons (Fsp3) is 0. The van der Waals surface area contributed by atoms with Crippen molar-refractivity contribution in [2.75, 3.05) is 0 Å². The fourth-order valence-corrected chi connectivity index (χ4v) is 3.59. The van der Waals surface area contributed by atoms with Gasteiger partial charge in [-0.05, 0) is 57.4 Å². The normalized spacial score (nSPS) is 10.8. The Balaban J connectivity index is 1.77. The van der Waals surface area contributed by atoms with E-state index in [9.17, 15) is 9.90 Å². The Bertz CT molecular complexity index is 973. The molecule has 2 N–H and O–H groups in total. The molecule has 0 atom stereocenters. The van der Waals surface area contributed by atoms with Crippen molar-refractivity contribution in [2.45, 2.75) is 0 Å². The van der Waals surface area contributed by atoms with E-state index < -0.39 is 0 Å². The van der Waals surface area contributed by atoms with E-state index in [4.69, 9.17) is 0 Å². The number of hydrogen-bond acceptors (Lipinski definition) is 3. The van der Waals surface area contributed by atoms with Crippen LogP contribution in [0.1, 0.15) is 15.9 Å². The van der Waals surface area contributed by atoms with Gasteiger partial charge >= 0.3 is 0 Å². The molecule has 0 aromatic heterocycles. The summed E-state index contributed by atoms with van der Waals surface area (Å²) >= 11 is 6.69. The van der Waals surface area contributed by atoms with Crippen LogP contribution < -0.4 is 5.43 Å². The van der Waals surface area contributed by atoms with Crippen molar-refractivity contribution in [2.24, 2.45) is 5.10 Å². The van der Waals surface area contributed by atoms with Crippen LogP contribution in [-0.2, 0) is 0 Å². The first-order valence-electron chi connectivity index (χ1n) is 7.71. The second-order valence-electron chi connectivity index (χ2n) is 5.46. The molecule has 0 aliphatic heterocycles. The molecule has 3 rings (SSSR count). The van der Waals surface area contributed by atoms with Gasteiger partial charge in [-0.1, -0.05) is 52.3 Å². The second-order valence-corrected chi connectivity index (χ2v) is 7.23. The van der Waals surface area contributed by atoms with Crippen LogP contribution in [0.5, 0.6) is 5.75 Å². The van der Waals surface area contributed by atoms with Crippen LogP contribution >= 0.6 is 31.9 Å². The summed E-state index contributed by atoms with van der Waals surface area (Å²) < 4.78 is 1.53. The lowest BCUT2D eigenvalue weighted by Gasteiger charge is -2.06. The van der Waals surface area contributed by atoms with Gasteiger partial charge < -0.3 is 5.11 Å². The van der Waals surface area contributed by atoms with Gasteiger partial charge in [-0.15, -0.1) is 0 Å². The Morgan fingerprint density at radius 1 is 0.962 bits per heavy atom. The number of carbonyl (C=O) groups excluding carboxylic acids is 1. The van der Waals surface area contributed by atoms with Crippen molar-refractivity contribution in [3.63, 3.8) is 0 Å². The molecule has 6 heteroatoms. The summed E-state index contributed by atoms with van der Waals surface area (Å²) in [5.74, 6) is -0.258. The van der Waals surface area contributed by atoms with Gasteiger partial charge in [-0.3, -0.25) is 4.79 Å². The third kappa shape index (κ3) is 4.39. The molecule has 0 aliphatic carbocycles. The van der Waals surface area contributed by atoms with E-state index >= 15 is 0 Å². The van der Waals surface area contributed by atoms with Crippen LogP contribution in [0.15, 0.2) is 80.8 Å². The average molecular weight is 474 g/mol. The van der Waals surface area contributed by atoms with E-state index in [0.717, 1.165) is 15.6 Å². The van der Waals surface area contributed by atoms with Crippen LogP contribution in [0.2, 0.25) is 0 Å². The number of nitrogens with one attached hydrogen (secondary N) is 1. The van der Waals surface area contributed by atoms with Crippen molar-refractivity contribution in [1.29, 1.82) is 0 Å². The third-order valence-corrected chi connectivity index (χ3v) is 4.83. The molecular formula is C20H14Br2N2O2. The number of amides is 1. The van der Waals surface area contributed by atoms with Crippen molar-refractivity contribution in [3.8, 4) is 16.9 Å². The zero-order chi connectivity index (χ0) is 18.5. The first-order chi connectivity index (χ1) is 12.5. The number of nitrogens with zero attached hydrogens (tertiary/aromatic N) is 1. The summed E-state index contributed by atoms with van der Waals surface area (Å²) in [6.07, 6.45) is 1.42. The molecule has 4 nitrogen and oxygen atoms in total. The monoisotopic (exact) mass is 472 g/mol. The average Bonchev–Trinajstić information content (AvgIpc) is 2.64. The Labute approximate surface area is 167 Å². The fourth-order valence-electron chi connectivity index (χ4n) is 2.36. The molecule has 0 fully saturated rings. The Morgan fingerprint density at radius 2 is 1.73 bits per heavy atom. The molecule has 1 amide bonds. The molecule has 0 saturated carbocycles. The Kier molecular flexibility index (Phi) is 5.85. The quantitative estimate of drug-likeness (QED) is 0.396. The molecule has 130 valence electrons. The highest BCUT2D eigenvalue weighted by molar-refractivity contribution is 9.11. The predicted molar refractivity (Wildman–Crippen MR) is 110 cm³/mol. The van der Waals surface area contributed by atoms with Gasteiger partial charge in [0, 0.05) is 14.5 Å². The largest absolute Gasteiger partial charge is 0.507 e. The highest BCUT2D eigenvalue weighted by Gasteiger charge is 2.09. The van der Waals surface area contributed by atoms with Gasteiger partial charge in [0.1, 0.15) is 5.75 Å². The molecule has 0 spiro atoms. The van der Waals surface area contributed by atoms with Crippen molar-refractivity contribution >= 4 is 44.0 Å². The summed E-state index contributed by atoms with van der Waals surface area (Å²) in [6.45, 7) is 0. The molecule has 0 heterocycles. The molecule has 0 bridgehead atoms. The summed E-state index contributed by atoms with van der Waals surface area (Å²) in [5.41, 5.74) is 5.43. The Hall–Kier alpha value is -2.44. The molecule has 0 saturated heterocycles. The molecular weight excluding hydrogens is 460 g/mol. The third-order valence-electron chi connectivity index (χ3n) is 3.68. The van der Waals surface area contributed by atoms with Gasteiger partial charge in [-0.2, -0.15) is 5.10 Å². The molecule has 3 aromatic rings. The van der Waals surface area contributed by atoms with Crippen molar-refractivity contribution < 1.29 is 9.90 Å². The summed E-state index contributed by atoms with van der Waals surface area (Å²) in [5, 5.41) is 14.0. The Morgan fingerprint density at radius 3 is 2.46 bits per heavy atom. The number of aromatic hydroxyl groups is 1. The number of phenols is 1. The number of carbonyl (C=O) groups is 1. The summed E-state index contributed by atoms with van der Waals surface area (Å²) in [4.78, 5) is 12.2. The van der Waals surface area contributed by atoms with Crippen molar-refractivity contribution in [3.05, 3.63) is 86.8 Å². The highest BCUT2D eigenvalue weighted by atomic mass is 79.9. The minimum absolute atomic E-state index is 0.0903. The number of halogens is 2. The first kappa shape index (κ1) is 18.4. The van der Waals surface area contributed by atoms with Crippen LogP contribution in [0.25, 0.3) is 11.1 Å². The van der Waals surface area contributed by atoms with Gasteiger partial charge in [0.05, 0.1) is 11.8 Å². The first-order valence-corrected chi connectivity index (χ1v) is 9.30. The number of hydrogen-bond donors (Lipinski definition) is 2. The highest BCUT2D eigenvalue weighted by Crippen LogP contribution is 2.25. The lowest BCUT2D eigenvalue weighted by atomic mass is 10.0. The van der Waals surface area contributed by atoms with Gasteiger partial charge in [0.15, 0.2) is 0 Å². The number of hydrazone groups is 1. The van der Waals surface area contributed by atoms with E-state index in [-0.39, 0.29) is 11.7 Å². The smallest absolute Gasteiger partial charge is 0.272 e. The van der Waals surface area contributed by atoms with Gasteiger partial charge in [0.2, 0.25) is 0 Å². The summed E-state index contributed by atoms with van der Waals surface area (Å²) in [7, 11) is 0. The molecule has 0 unspecified atom stereocenters. The summed E-state index contributed by atoms with van der Waals surface area (Å²) in [6, 6.07) is 20.3. The van der Waals surface area contributed by atoms with Crippen LogP contribution in [0, 0.1) is 0 Å². The minimum atomic E-state index is -0.348.